The van der Waals surface area contributed by atoms with Crippen LogP contribution in [0.4, 0.5) is 0 Å². The SMILES string of the molecule is CC(C(=O)O)N1CCN(C(=O)CCc2cccs2)CC1. The number of piperazine rings is 1. The summed E-state index contributed by atoms with van der Waals surface area (Å²) in [5.74, 6) is -0.636. The molecule has 20 heavy (non-hydrogen) atoms. The molecular formula is C14H20N2O3S. The number of aliphatic carboxylic acids is 1. The molecule has 0 spiro atoms. The van der Waals surface area contributed by atoms with Gasteiger partial charge < -0.3 is 10.0 Å². The van der Waals surface area contributed by atoms with Crippen LogP contribution in [0.25, 0.3) is 0 Å². The van der Waals surface area contributed by atoms with Gasteiger partial charge in [0.25, 0.3) is 0 Å². The third-order valence-electron chi connectivity index (χ3n) is 3.74. The maximum Gasteiger partial charge on any atom is 0.320 e. The van der Waals surface area contributed by atoms with Crippen LogP contribution in [0.2, 0.25) is 0 Å². The van der Waals surface area contributed by atoms with Gasteiger partial charge in [-0.2, -0.15) is 0 Å². The van der Waals surface area contributed by atoms with Crippen LogP contribution in [0.15, 0.2) is 17.5 Å². The molecule has 1 aliphatic rings. The zero-order valence-corrected chi connectivity index (χ0v) is 12.4. The second-order valence-corrected chi connectivity index (χ2v) is 6.04. The van der Waals surface area contributed by atoms with Crippen LogP contribution in [0.1, 0.15) is 18.2 Å². The van der Waals surface area contributed by atoms with Crippen molar-refractivity contribution in [2.24, 2.45) is 0 Å². The van der Waals surface area contributed by atoms with Crippen molar-refractivity contribution in [3.63, 3.8) is 0 Å². The van der Waals surface area contributed by atoms with Gasteiger partial charge in [0.05, 0.1) is 0 Å². The van der Waals surface area contributed by atoms with Crippen LogP contribution in [0, 0.1) is 0 Å². The highest BCUT2D eigenvalue weighted by Gasteiger charge is 2.26. The van der Waals surface area contributed by atoms with Crippen molar-refractivity contribution in [2.45, 2.75) is 25.8 Å². The van der Waals surface area contributed by atoms with E-state index in [9.17, 15) is 9.59 Å². The molecule has 2 rings (SSSR count). The van der Waals surface area contributed by atoms with Crippen LogP contribution < -0.4 is 0 Å². The topological polar surface area (TPSA) is 60.9 Å². The van der Waals surface area contributed by atoms with E-state index < -0.39 is 12.0 Å². The molecule has 1 fully saturated rings. The Bertz CT molecular complexity index is 453. The molecule has 5 nitrogen and oxygen atoms in total. The summed E-state index contributed by atoms with van der Waals surface area (Å²) < 4.78 is 0. The monoisotopic (exact) mass is 296 g/mol. The first-order valence-electron chi connectivity index (χ1n) is 6.85. The molecule has 1 amide bonds. The highest BCUT2D eigenvalue weighted by atomic mass is 32.1. The van der Waals surface area contributed by atoms with E-state index in [1.165, 1.54) is 4.88 Å². The first-order chi connectivity index (χ1) is 9.58. The molecule has 0 saturated carbocycles. The first kappa shape index (κ1) is 15.0. The lowest BCUT2D eigenvalue weighted by atomic mass is 10.2. The second-order valence-electron chi connectivity index (χ2n) is 5.01. The van der Waals surface area contributed by atoms with E-state index in [0.29, 0.717) is 32.6 Å². The molecule has 6 heteroatoms. The van der Waals surface area contributed by atoms with Gasteiger partial charge in [0.2, 0.25) is 5.91 Å². The molecule has 0 radical (unpaired) electrons. The Morgan fingerprint density at radius 3 is 2.60 bits per heavy atom. The third-order valence-corrected chi connectivity index (χ3v) is 4.67. The van der Waals surface area contributed by atoms with E-state index in [2.05, 4.69) is 0 Å². The third kappa shape index (κ3) is 3.80. The Balaban J connectivity index is 1.75. The summed E-state index contributed by atoms with van der Waals surface area (Å²) in [6, 6.07) is 3.57. The molecule has 0 aromatic carbocycles. The fourth-order valence-electron chi connectivity index (χ4n) is 2.36. The summed E-state index contributed by atoms with van der Waals surface area (Å²) in [4.78, 5) is 28.0. The summed E-state index contributed by atoms with van der Waals surface area (Å²) >= 11 is 1.67. The van der Waals surface area contributed by atoms with Crippen molar-refractivity contribution in [3.8, 4) is 0 Å². The van der Waals surface area contributed by atoms with E-state index in [1.807, 2.05) is 27.3 Å². The number of hydrogen-bond donors (Lipinski definition) is 1. The highest BCUT2D eigenvalue weighted by molar-refractivity contribution is 7.09. The van der Waals surface area contributed by atoms with Crippen molar-refractivity contribution in [1.82, 2.24) is 9.80 Å². The molecule has 0 bridgehead atoms. The fraction of sp³-hybridized carbons (Fsp3) is 0.571. The number of carbonyl (C=O) groups excluding carboxylic acids is 1. The van der Waals surface area contributed by atoms with Crippen molar-refractivity contribution in [1.29, 1.82) is 0 Å². The smallest absolute Gasteiger partial charge is 0.320 e. The van der Waals surface area contributed by atoms with Crippen LogP contribution >= 0.6 is 11.3 Å². The van der Waals surface area contributed by atoms with Gasteiger partial charge in [0, 0.05) is 37.5 Å². The normalized spacial score (nSPS) is 17.9. The van der Waals surface area contributed by atoms with Gasteiger partial charge in [0.15, 0.2) is 0 Å². The van der Waals surface area contributed by atoms with Crippen molar-refractivity contribution in [2.75, 3.05) is 26.2 Å². The number of carbonyl (C=O) groups is 2. The fourth-order valence-corrected chi connectivity index (χ4v) is 3.07. The average Bonchev–Trinajstić information content (AvgIpc) is 2.97. The molecule has 1 unspecified atom stereocenters. The number of carboxylic acid groups (broad SMARTS) is 1. The van der Waals surface area contributed by atoms with Crippen LogP contribution in [0.3, 0.4) is 0 Å². The van der Waals surface area contributed by atoms with Gasteiger partial charge in [-0.05, 0) is 24.8 Å². The van der Waals surface area contributed by atoms with E-state index >= 15 is 0 Å². The summed E-state index contributed by atoms with van der Waals surface area (Å²) in [5.41, 5.74) is 0. The number of carboxylic acids is 1. The van der Waals surface area contributed by atoms with Crippen LogP contribution in [-0.2, 0) is 16.0 Å². The number of nitrogens with zero attached hydrogens (tertiary/aromatic N) is 2. The Labute approximate surface area is 122 Å². The van der Waals surface area contributed by atoms with Crippen molar-refractivity contribution >= 4 is 23.2 Å². The summed E-state index contributed by atoms with van der Waals surface area (Å²) in [7, 11) is 0. The number of rotatable bonds is 5. The molecule has 1 aliphatic heterocycles. The lowest BCUT2D eigenvalue weighted by Gasteiger charge is -2.36. The Kier molecular flexibility index (Phi) is 5.14. The molecule has 1 aromatic rings. The minimum Gasteiger partial charge on any atom is -0.480 e. The average molecular weight is 296 g/mol. The maximum absolute atomic E-state index is 12.1. The van der Waals surface area contributed by atoms with Crippen molar-refractivity contribution in [3.05, 3.63) is 22.4 Å². The zero-order chi connectivity index (χ0) is 14.5. The van der Waals surface area contributed by atoms with E-state index in [0.717, 1.165) is 6.42 Å². The Morgan fingerprint density at radius 2 is 2.05 bits per heavy atom. The predicted octanol–water partition coefficient (Wildman–Crippen LogP) is 1.30. The summed E-state index contributed by atoms with van der Waals surface area (Å²) in [6.45, 7) is 4.22. The standard InChI is InChI=1S/C14H20N2O3S/c1-11(14(18)19)15-6-8-16(9-7-15)13(17)5-4-12-3-2-10-20-12/h2-3,10-11H,4-9H2,1H3,(H,18,19). The lowest BCUT2D eigenvalue weighted by Crippen LogP contribution is -2.53. The summed E-state index contributed by atoms with van der Waals surface area (Å²) in [6.07, 6.45) is 1.33. The van der Waals surface area contributed by atoms with Crippen LogP contribution in [-0.4, -0.2) is 59.0 Å². The predicted molar refractivity (Wildman–Crippen MR) is 77.9 cm³/mol. The molecule has 2 heterocycles. The minimum atomic E-state index is -0.803. The largest absolute Gasteiger partial charge is 0.480 e. The van der Waals surface area contributed by atoms with Crippen LogP contribution in [0.5, 0.6) is 0 Å². The van der Waals surface area contributed by atoms with Gasteiger partial charge >= 0.3 is 5.97 Å². The number of amides is 1. The Morgan fingerprint density at radius 1 is 1.35 bits per heavy atom. The quantitative estimate of drug-likeness (QED) is 0.889. The Hall–Kier alpha value is -1.40. The molecule has 110 valence electrons. The summed E-state index contributed by atoms with van der Waals surface area (Å²) in [5, 5.41) is 11.0. The highest BCUT2D eigenvalue weighted by Crippen LogP contribution is 2.13. The molecule has 1 aromatic heterocycles. The second kappa shape index (κ2) is 6.85. The first-order valence-corrected chi connectivity index (χ1v) is 7.73. The molecule has 0 aliphatic carbocycles. The maximum atomic E-state index is 12.1. The zero-order valence-electron chi connectivity index (χ0n) is 11.6. The minimum absolute atomic E-state index is 0.168. The molecule has 1 atom stereocenters. The lowest BCUT2D eigenvalue weighted by molar-refractivity contribution is -0.144. The molecule has 1 N–H and O–H groups in total. The molecular weight excluding hydrogens is 276 g/mol. The van der Waals surface area contributed by atoms with E-state index in [4.69, 9.17) is 5.11 Å². The number of aryl methyl sites for hydroxylation is 1. The van der Waals surface area contributed by atoms with E-state index in [1.54, 1.807) is 18.3 Å². The van der Waals surface area contributed by atoms with Gasteiger partial charge in [-0.15, -0.1) is 11.3 Å². The van der Waals surface area contributed by atoms with Gasteiger partial charge in [0.1, 0.15) is 6.04 Å². The van der Waals surface area contributed by atoms with Gasteiger partial charge in [-0.25, -0.2) is 0 Å². The van der Waals surface area contributed by atoms with E-state index in [-0.39, 0.29) is 5.91 Å². The number of hydrogen-bond acceptors (Lipinski definition) is 4. The van der Waals surface area contributed by atoms with Crippen molar-refractivity contribution < 1.29 is 14.7 Å². The molecule has 1 saturated heterocycles. The van der Waals surface area contributed by atoms with Gasteiger partial charge in [-0.3, -0.25) is 14.5 Å². The number of thiophene rings is 1. The van der Waals surface area contributed by atoms with Gasteiger partial charge in [-0.1, -0.05) is 6.07 Å².